The molecule has 0 aliphatic carbocycles. The molecular formula is C25H22N2O5. The van der Waals surface area contributed by atoms with Gasteiger partial charge in [0.2, 0.25) is 0 Å². The van der Waals surface area contributed by atoms with Gasteiger partial charge in [0.25, 0.3) is 11.5 Å². The minimum atomic E-state index is -0.657. The molecule has 0 atom stereocenters. The molecule has 7 nitrogen and oxygen atoms in total. The van der Waals surface area contributed by atoms with Crippen LogP contribution in [-0.4, -0.2) is 22.3 Å². The number of fused-ring (bicyclic) bond motifs is 1. The molecule has 0 saturated heterocycles. The van der Waals surface area contributed by atoms with Crippen LogP contribution in [0, 0.1) is 0 Å². The fraction of sp³-hybridized carbons (Fsp3) is 0.120. The first kappa shape index (κ1) is 21.1. The van der Waals surface area contributed by atoms with Gasteiger partial charge >= 0.3 is 0 Å². The molecule has 2 N–H and O–H groups in total. The van der Waals surface area contributed by atoms with Crippen LogP contribution in [0.2, 0.25) is 0 Å². The Morgan fingerprint density at radius 1 is 0.906 bits per heavy atom. The molecule has 0 radical (unpaired) electrons. The molecule has 4 rings (SSSR count). The molecule has 7 heteroatoms. The van der Waals surface area contributed by atoms with Crippen molar-refractivity contribution in [1.82, 2.24) is 10.0 Å². The van der Waals surface area contributed by atoms with Gasteiger partial charge in [0, 0.05) is 23.7 Å². The third kappa shape index (κ3) is 4.96. The van der Waals surface area contributed by atoms with E-state index in [0.29, 0.717) is 25.0 Å². The highest BCUT2D eigenvalue weighted by Crippen LogP contribution is 2.23. The summed E-state index contributed by atoms with van der Waals surface area (Å²) in [5.74, 6) is 1.55. The quantitative estimate of drug-likeness (QED) is 0.246. The number of hydrogen-bond acceptors (Lipinski definition) is 5. The summed E-state index contributed by atoms with van der Waals surface area (Å²) in [4.78, 5) is 24.4. The van der Waals surface area contributed by atoms with Crippen molar-refractivity contribution >= 4 is 16.7 Å². The Labute approximate surface area is 184 Å². The highest BCUT2D eigenvalue weighted by Gasteiger charge is 2.08. The van der Waals surface area contributed by atoms with Crippen molar-refractivity contribution in [3.8, 4) is 17.2 Å². The number of benzene rings is 3. The summed E-state index contributed by atoms with van der Waals surface area (Å²) in [6.45, 7) is 0.913. The first-order valence-corrected chi connectivity index (χ1v) is 10.2. The highest BCUT2D eigenvalue weighted by atomic mass is 16.5. The summed E-state index contributed by atoms with van der Waals surface area (Å²) >= 11 is 0. The van der Waals surface area contributed by atoms with Crippen molar-refractivity contribution in [3.63, 3.8) is 0 Å². The Morgan fingerprint density at radius 3 is 2.38 bits per heavy atom. The van der Waals surface area contributed by atoms with Gasteiger partial charge in [0.15, 0.2) is 0 Å². The van der Waals surface area contributed by atoms with E-state index >= 15 is 0 Å². The maximum absolute atomic E-state index is 12.8. The summed E-state index contributed by atoms with van der Waals surface area (Å²) in [6, 6.07) is 23.5. The van der Waals surface area contributed by atoms with Gasteiger partial charge in [-0.05, 0) is 66.4 Å². The minimum Gasteiger partial charge on any atom is -0.494 e. The zero-order chi connectivity index (χ0) is 22.3. The molecule has 0 aliphatic heterocycles. The molecular weight excluding hydrogens is 408 g/mol. The van der Waals surface area contributed by atoms with Crippen LogP contribution in [0.4, 0.5) is 0 Å². The van der Waals surface area contributed by atoms with Crippen molar-refractivity contribution in [2.75, 3.05) is 6.61 Å². The smallest absolute Gasteiger partial charge is 0.274 e. The molecule has 32 heavy (non-hydrogen) atoms. The molecule has 0 bridgehead atoms. The fourth-order valence-corrected chi connectivity index (χ4v) is 3.31. The number of pyridine rings is 1. The van der Waals surface area contributed by atoms with Crippen LogP contribution in [0.25, 0.3) is 10.8 Å². The molecule has 0 unspecified atom stereocenters. The highest BCUT2D eigenvalue weighted by molar-refractivity contribution is 5.97. The normalized spacial score (nSPS) is 10.7. The number of amides is 1. The maximum Gasteiger partial charge on any atom is 0.274 e. The Bertz CT molecular complexity index is 1270. The van der Waals surface area contributed by atoms with E-state index in [1.807, 2.05) is 60.7 Å². The number of aromatic nitrogens is 1. The predicted octanol–water partition coefficient (Wildman–Crippen LogP) is 4.38. The zero-order valence-corrected chi connectivity index (χ0v) is 17.2. The topological polar surface area (TPSA) is 89.8 Å². The Hall–Kier alpha value is -4.10. The number of nitrogens with zero attached hydrogens (tertiary/aromatic N) is 1. The Kier molecular flexibility index (Phi) is 6.48. The summed E-state index contributed by atoms with van der Waals surface area (Å²) in [7, 11) is 0. The number of carbonyl (C=O) groups excluding carboxylic acids is 1. The van der Waals surface area contributed by atoms with Crippen LogP contribution < -0.4 is 20.5 Å². The van der Waals surface area contributed by atoms with E-state index in [-0.39, 0.29) is 11.1 Å². The van der Waals surface area contributed by atoms with Gasteiger partial charge in [-0.15, -0.1) is 0 Å². The molecule has 0 aliphatic rings. The maximum atomic E-state index is 12.8. The molecule has 0 spiro atoms. The third-order valence-corrected chi connectivity index (χ3v) is 4.96. The van der Waals surface area contributed by atoms with E-state index < -0.39 is 5.91 Å². The standard InChI is InChI=1S/C25H22N2O5/c28-24(26-30)19-8-7-18-13-15-27(25(29)23(18)17-19)14-4-16-31-20-9-11-22(12-10-20)32-21-5-2-1-3-6-21/h1-3,5-13,15,17,30H,4,14,16H2,(H,26,28). The minimum absolute atomic E-state index is 0.197. The lowest BCUT2D eigenvalue weighted by Crippen LogP contribution is -2.22. The number of rotatable bonds is 8. The molecule has 0 fully saturated rings. The fourth-order valence-electron chi connectivity index (χ4n) is 3.31. The van der Waals surface area contributed by atoms with E-state index in [1.54, 1.807) is 28.4 Å². The van der Waals surface area contributed by atoms with Crippen molar-refractivity contribution in [2.24, 2.45) is 0 Å². The van der Waals surface area contributed by atoms with Gasteiger partial charge in [0.1, 0.15) is 17.2 Å². The zero-order valence-electron chi connectivity index (χ0n) is 17.2. The summed E-state index contributed by atoms with van der Waals surface area (Å²) < 4.78 is 13.1. The molecule has 4 aromatic rings. The first-order chi connectivity index (χ1) is 15.6. The monoisotopic (exact) mass is 430 g/mol. The SMILES string of the molecule is O=C(NO)c1ccc2ccn(CCCOc3ccc(Oc4ccccc4)cc3)c(=O)c2c1. The molecule has 1 aromatic heterocycles. The van der Waals surface area contributed by atoms with Gasteiger partial charge in [-0.1, -0.05) is 24.3 Å². The van der Waals surface area contributed by atoms with Crippen LogP contribution in [0.1, 0.15) is 16.8 Å². The summed E-state index contributed by atoms with van der Waals surface area (Å²) in [5, 5.41) is 9.95. The lowest BCUT2D eigenvalue weighted by Gasteiger charge is -2.10. The summed E-state index contributed by atoms with van der Waals surface area (Å²) in [5.41, 5.74) is 1.60. The average Bonchev–Trinajstić information content (AvgIpc) is 2.84. The van der Waals surface area contributed by atoms with Crippen LogP contribution in [-0.2, 0) is 6.54 Å². The van der Waals surface area contributed by atoms with Gasteiger partial charge < -0.3 is 14.0 Å². The second-order valence-corrected chi connectivity index (χ2v) is 7.15. The number of hydroxylamine groups is 1. The molecule has 1 amide bonds. The van der Waals surface area contributed by atoms with Crippen molar-refractivity contribution in [2.45, 2.75) is 13.0 Å². The van der Waals surface area contributed by atoms with Gasteiger partial charge in [-0.25, -0.2) is 5.48 Å². The van der Waals surface area contributed by atoms with Crippen LogP contribution in [0.15, 0.2) is 89.9 Å². The molecule has 162 valence electrons. The average molecular weight is 430 g/mol. The number of aryl methyl sites for hydroxylation is 1. The van der Waals surface area contributed by atoms with Gasteiger partial charge in [-0.2, -0.15) is 0 Å². The van der Waals surface area contributed by atoms with Crippen LogP contribution in [0.5, 0.6) is 17.2 Å². The number of ether oxygens (including phenoxy) is 2. The Balaban J connectivity index is 1.33. The molecule has 0 saturated carbocycles. The van der Waals surface area contributed by atoms with E-state index in [2.05, 4.69) is 0 Å². The number of hydrogen-bond donors (Lipinski definition) is 2. The Morgan fingerprint density at radius 2 is 1.62 bits per heavy atom. The van der Waals surface area contributed by atoms with Crippen molar-refractivity contribution < 1.29 is 19.5 Å². The van der Waals surface area contributed by atoms with Gasteiger partial charge in [-0.3, -0.25) is 14.8 Å². The van der Waals surface area contributed by atoms with Crippen LogP contribution >= 0.6 is 0 Å². The van der Waals surface area contributed by atoms with E-state index in [9.17, 15) is 9.59 Å². The first-order valence-electron chi connectivity index (χ1n) is 10.2. The largest absolute Gasteiger partial charge is 0.494 e. The van der Waals surface area contributed by atoms with E-state index in [4.69, 9.17) is 14.7 Å². The molecule has 3 aromatic carbocycles. The van der Waals surface area contributed by atoms with Gasteiger partial charge in [0.05, 0.1) is 6.61 Å². The lowest BCUT2D eigenvalue weighted by molar-refractivity contribution is 0.0706. The van der Waals surface area contributed by atoms with E-state index in [1.165, 1.54) is 6.07 Å². The van der Waals surface area contributed by atoms with Crippen LogP contribution in [0.3, 0.4) is 0 Å². The number of carbonyl (C=O) groups is 1. The second kappa shape index (κ2) is 9.80. The molecule has 1 heterocycles. The second-order valence-electron chi connectivity index (χ2n) is 7.15. The van der Waals surface area contributed by atoms with E-state index in [0.717, 1.165) is 22.6 Å². The lowest BCUT2D eigenvalue weighted by atomic mass is 10.1. The van der Waals surface area contributed by atoms with Crippen molar-refractivity contribution in [1.29, 1.82) is 0 Å². The summed E-state index contributed by atoms with van der Waals surface area (Å²) in [6.07, 6.45) is 2.36. The predicted molar refractivity (Wildman–Crippen MR) is 121 cm³/mol. The number of para-hydroxylation sites is 1. The van der Waals surface area contributed by atoms with Crippen molar-refractivity contribution in [3.05, 3.63) is 101 Å². The third-order valence-electron chi connectivity index (χ3n) is 4.96. The number of nitrogens with one attached hydrogen (secondary N) is 1.